The quantitative estimate of drug-likeness (QED) is 0.854. The predicted molar refractivity (Wildman–Crippen MR) is 105 cm³/mol. The Kier molecular flexibility index (Phi) is 6.43. The molecule has 2 saturated heterocycles. The molecule has 2 aliphatic rings. The zero-order valence-electron chi connectivity index (χ0n) is 15.8. The molecule has 1 aromatic carbocycles. The number of nitrogens with one attached hydrogen (secondary N) is 1. The summed E-state index contributed by atoms with van der Waals surface area (Å²) in [4.78, 5) is 16.9. The first kappa shape index (κ1) is 19.5. The molecule has 2 fully saturated rings. The van der Waals surface area contributed by atoms with Crippen LogP contribution in [0.25, 0.3) is 0 Å². The van der Waals surface area contributed by atoms with Gasteiger partial charge in [-0.15, -0.1) is 0 Å². The average Bonchev–Trinajstić information content (AvgIpc) is 3.14. The van der Waals surface area contributed by atoms with E-state index in [0.29, 0.717) is 12.6 Å². The Balaban J connectivity index is 1.43. The van der Waals surface area contributed by atoms with Crippen molar-refractivity contribution in [3.8, 4) is 0 Å². The summed E-state index contributed by atoms with van der Waals surface area (Å²) in [6.45, 7) is 10.2. The van der Waals surface area contributed by atoms with E-state index in [4.69, 9.17) is 16.3 Å². The highest BCUT2D eigenvalue weighted by atomic mass is 35.5. The van der Waals surface area contributed by atoms with Crippen LogP contribution in [0, 0.1) is 0 Å². The zero-order valence-corrected chi connectivity index (χ0v) is 16.6. The molecule has 2 heterocycles. The largest absolute Gasteiger partial charge is 0.377 e. The normalized spacial score (nSPS) is 21.8. The molecule has 26 heavy (non-hydrogen) atoms. The molecule has 0 spiro atoms. The molecular weight excluding hydrogens is 350 g/mol. The monoisotopic (exact) mass is 379 g/mol. The van der Waals surface area contributed by atoms with Gasteiger partial charge in [-0.05, 0) is 30.5 Å². The molecule has 1 unspecified atom stereocenters. The Bertz CT molecular complexity index is 592. The van der Waals surface area contributed by atoms with E-state index in [-0.39, 0.29) is 11.4 Å². The highest BCUT2D eigenvalue weighted by Crippen LogP contribution is 2.24. The average molecular weight is 380 g/mol. The minimum Gasteiger partial charge on any atom is -0.377 e. The van der Waals surface area contributed by atoms with Gasteiger partial charge in [-0.25, -0.2) is 4.79 Å². The van der Waals surface area contributed by atoms with Crippen LogP contribution in [0.15, 0.2) is 24.3 Å². The summed E-state index contributed by atoms with van der Waals surface area (Å²) in [7, 11) is 0. The fourth-order valence-corrected chi connectivity index (χ4v) is 3.75. The number of rotatable bonds is 5. The minimum atomic E-state index is -0.137. The Morgan fingerprint density at radius 1 is 1.23 bits per heavy atom. The van der Waals surface area contributed by atoms with Crippen LogP contribution in [-0.4, -0.2) is 67.8 Å². The van der Waals surface area contributed by atoms with Gasteiger partial charge in [0.1, 0.15) is 0 Å². The van der Waals surface area contributed by atoms with E-state index in [9.17, 15) is 4.79 Å². The summed E-state index contributed by atoms with van der Waals surface area (Å²) < 4.78 is 5.71. The summed E-state index contributed by atoms with van der Waals surface area (Å²) in [5.74, 6) is 0. The highest BCUT2D eigenvalue weighted by Gasteiger charge is 2.26. The number of urea groups is 1. The Morgan fingerprint density at radius 3 is 2.54 bits per heavy atom. The molecule has 2 aliphatic heterocycles. The second-order valence-electron chi connectivity index (χ2n) is 7.97. The third kappa shape index (κ3) is 5.12. The minimum absolute atomic E-state index is 0.0313. The maximum absolute atomic E-state index is 12.5. The van der Waals surface area contributed by atoms with Gasteiger partial charge >= 0.3 is 6.03 Å². The number of ether oxygens (including phenoxy) is 1. The van der Waals surface area contributed by atoms with Crippen molar-refractivity contribution in [2.45, 2.75) is 38.2 Å². The topological polar surface area (TPSA) is 44.8 Å². The fraction of sp³-hybridized carbons (Fsp3) is 0.650. The summed E-state index contributed by atoms with van der Waals surface area (Å²) in [6, 6.07) is 7.88. The van der Waals surface area contributed by atoms with Crippen LogP contribution in [0.1, 0.15) is 32.3 Å². The Labute approximate surface area is 161 Å². The highest BCUT2D eigenvalue weighted by molar-refractivity contribution is 6.30. The lowest BCUT2D eigenvalue weighted by Gasteiger charge is -2.36. The number of carbonyl (C=O) groups is 1. The molecule has 5 nitrogen and oxygen atoms in total. The molecule has 1 atom stereocenters. The van der Waals surface area contributed by atoms with Crippen molar-refractivity contribution < 1.29 is 9.53 Å². The number of piperazine rings is 1. The second kappa shape index (κ2) is 8.59. The first-order chi connectivity index (χ1) is 12.4. The first-order valence-electron chi connectivity index (χ1n) is 9.57. The summed E-state index contributed by atoms with van der Waals surface area (Å²) in [6.07, 6.45) is 2.73. The van der Waals surface area contributed by atoms with E-state index in [1.807, 2.05) is 29.2 Å². The molecule has 0 aliphatic carbocycles. The van der Waals surface area contributed by atoms with Crippen molar-refractivity contribution >= 4 is 17.6 Å². The fourth-order valence-electron chi connectivity index (χ4n) is 3.62. The molecule has 1 N–H and O–H groups in total. The molecule has 144 valence electrons. The van der Waals surface area contributed by atoms with Crippen molar-refractivity contribution in [2.75, 3.05) is 45.9 Å². The molecule has 0 saturated carbocycles. The van der Waals surface area contributed by atoms with Gasteiger partial charge in [0.15, 0.2) is 0 Å². The lowest BCUT2D eigenvalue weighted by Crippen LogP contribution is -2.54. The molecule has 0 radical (unpaired) electrons. The molecule has 0 bridgehead atoms. The molecule has 2 amide bonds. The van der Waals surface area contributed by atoms with Gasteiger partial charge in [0.05, 0.1) is 6.10 Å². The van der Waals surface area contributed by atoms with Gasteiger partial charge in [-0.3, -0.25) is 4.90 Å². The molecule has 3 rings (SSSR count). The molecular formula is C20H30ClN3O2. The second-order valence-corrected chi connectivity index (χ2v) is 8.41. The molecule has 6 heteroatoms. The number of halogens is 1. The van der Waals surface area contributed by atoms with E-state index in [0.717, 1.165) is 44.4 Å². The lowest BCUT2D eigenvalue weighted by atomic mass is 9.85. The van der Waals surface area contributed by atoms with E-state index < -0.39 is 0 Å². The maximum atomic E-state index is 12.5. The Hall–Kier alpha value is -1.30. The summed E-state index contributed by atoms with van der Waals surface area (Å²) in [5, 5.41) is 3.84. The standard InChI is InChI=1S/C20H30ClN3O2/c1-20(2,16-5-7-17(21)8-6-16)15-22-19(25)24-11-9-23(10-12-24)14-18-4-3-13-26-18/h5-8,18H,3-4,9-15H2,1-2H3,(H,22,25). The number of amides is 2. The van der Waals surface area contributed by atoms with Crippen molar-refractivity contribution in [1.29, 1.82) is 0 Å². The van der Waals surface area contributed by atoms with Crippen molar-refractivity contribution in [3.05, 3.63) is 34.9 Å². The number of hydrogen-bond donors (Lipinski definition) is 1. The third-order valence-corrected chi connectivity index (χ3v) is 5.70. The van der Waals surface area contributed by atoms with Gasteiger partial charge in [-0.2, -0.15) is 0 Å². The smallest absolute Gasteiger partial charge is 0.317 e. The van der Waals surface area contributed by atoms with Gasteiger partial charge in [0.2, 0.25) is 0 Å². The zero-order chi connectivity index (χ0) is 18.6. The van der Waals surface area contributed by atoms with Gasteiger partial charge in [0, 0.05) is 56.3 Å². The van der Waals surface area contributed by atoms with Gasteiger partial charge in [0.25, 0.3) is 0 Å². The van der Waals surface area contributed by atoms with Crippen molar-refractivity contribution in [3.63, 3.8) is 0 Å². The van der Waals surface area contributed by atoms with Crippen LogP contribution in [0.3, 0.4) is 0 Å². The van der Waals surface area contributed by atoms with E-state index in [1.165, 1.54) is 18.4 Å². The number of hydrogen-bond acceptors (Lipinski definition) is 3. The van der Waals surface area contributed by atoms with Crippen LogP contribution < -0.4 is 5.32 Å². The number of benzene rings is 1. The number of carbonyl (C=O) groups excluding carboxylic acids is 1. The maximum Gasteiger partial charge on any atom is 0.317 e. The summed E-state index contributed by atoms with van der Waals surface area (Å²) in [5.41, 5.74) is 1.03. The first-order valence-corrected chi connectivity index (χ1v) is 9.95. The van der Waals surface area contributed by atoms with E-state index in [2.05, 4.69) is 24.1 Å². The van der Waals surface area contributed by atoms with Crippen molar-refractivity contribution in [2.24, 2.45) is 0 Å². The van der Waals surface area contributed by atoms with Crippen LogP contribution >= 0.6 is 11.6 Å². The predicted octanol–water partition coefficient (Wildman–Crippen LogP) is 3.12. The van der Waals surface area contributed by atoms with Crippen LogP contribution in [0.4, 0.5) is 4.79 Å². The van der Waals surface area contributed by atoms with Gasteiger partial charge in [-0.1, -0.05) is 37.6 Å². The molecule has 0 aromatic heterocycles. The Morgan fingerprint density at radius 2 is 1.92 bits per heavy atom. The third-order valence-electron chi connectivity index (χ3n) is 5.45. The van der Waals surface area contributed by atoms with Gasteiger partial charge < -0.3 is 15.0 Å². The van der Waals surface area contributed by atoms with Crippen LogP contribution in [-0.2, 0) is 10.2 Å². The lowest BCUT2D eigenvalue weighted by molar-refractivity contribution is 0.0560. The van der Waals surface area contributed by atoms with E-state index in [1.54, 1.807) is 0 Å². The van der Waals surface area contributed by atoms with Crippen molar-refractivity contribution in [1.82, 2.24) is 15.1 Å². The van der Waals surface area contributed by atoms with E-state index >= 15 is 0 Å². The van der Waals surface area contributed by atoms with Crippen LogP contribution in [0.2, 0.25) is 5.02 Å². The summed E-state index contributed by atoms with van der Waals surface area (Å²) >= 11 is 5.97. The van der Waals surface area contributed by atoms with Crippen LogP contribution in [0.5, 0.6) is 0 Å². The molecule has 1 aromatic rings. The number of nitrogens with zero attached hydrogens (tertiary/aromatic N) is 2. The SMILES string of the molecule is CC(C)(CNC(=O)N1CCN(CC2CCCO2)CC1)c1ccc(Cl)cc1.